The van der Waals surface area contributed by atoms with Crippen molar-refractivity contribution >= 4 is 0 Å². The molecule has 1 heterocycles. The molecule has 1 N–H and O–H groups in total. The summed E-state index contributed by atoms with van der Waals surface area (Å²) in [5.74, 6) is 0.753. The molecule has 3 nitrogen and oxygen atoms in total. The summed E-state index contributed by atoms with van der Waals surface area (Å²) in [6.45, 7) is 10.2. The van der Waals surface area contributed by atoms with Crippen LogP contribution in [0, 0.1) is 22.7 Å². The number of hydrogen-bond acceptors (Lipinski definition) is 3. The van der Waals surface area contributed by atoms with Crippen LogP contribution in [0.4, 0.5) is 0 Å². The Hall–Kier alpha value is -0.640. The van der Waals surface area contributed by atoms with Gasteiger partial charge in [0, 0.05) is 12.3 Å². The highest BCUT2D eigenvalue weighted by Crippen LogP contribution is 2.75. The van der Waals surface area contributed by atoms with Gasteiger partial charge >= 0.3 is 0 Å². The van der Waals surface area contributed by atoms with Crippen molar-refractivity contribution in [2.75, 3.05) is 13.2 Å². The van der Waals surface area contributed by atoms with Gasteiger partial charge in [-0.3, -0.25) is 0 Å². The fourth-order valence-corrected chi connectivity index (χ4v) is 8.35. The third-order valence-electron chi connectivity index (χ3n) is 9.12. The molecule has 26 heavy (non-hydrogen) atoms. The molecule has 144 valence electrons. The first-order valence-electron chi connectivity index (χ1n) is 10.7. The zero-order valence-corrected chi connectivity index (χ0v) is 16.5. The Morgan fingerprint density at radius 3 is 2.65 bits per heavy atom. The minimum Gasteiger partial charge on any atom is -0.385 e. The van der Waals surface area contributed by atoms with E-state index < -0.39 is 5.60 Å². The molecular weight excluding hydrogens is 324 g/mol. The first kappa shape index (κ1) is 17.5. The van der Waals surface area contributed by atoms with Crippen molar-refractivity contribution in [2.45, 2.75) is 83.0 Å². The van der Waals surface area contributed by atoms with Crippen LogP contribution in [0.25, 0.3) is 0 Å². The number of rotatable bonds is 2. The summed E-state index contributed by atoms with van der Waals surface area (Å²) in [4.78, 5) is 0. The van der Waals surface area contributed by atoms with Crippen molar-refractivity contribution < 1.29 is 14.6 Å². The minimum absolute atomic E-state index is 0.116. The maximum atomic E-state index is 11.8. The second-order valence-electron chi connectivity index (χ2n) is 10.1. The van der Waals surface area contributed by atoms with E-state index in [2.05, 4.69) is 20.4 Å². The minimum atomic E-state index is -0.695. The molecule has 4 fully saturated rings. The SMILES string of the molecule is C=CC[C@@]1(O)C[C@H]2C[C@@H]3C[C@]2(CCC32OCCO2)[C@@]2(C)CCCC(C)=C12. The fraction of sp³-hybridized carbons (Fsp3) is 0.826. The quantitative estimate of drug-likeness (QED) is 0.724. The topological polar surface area (TPSA) is 38.7 Å². The lowest BCUT2D eigenvalue weighted by Crippen LogP contribution is -2.59. The fourth-order valence-electron chi connectivity index (χ4n) is 8.35. The molecule has 2 spiro atoms. The van der Waals surface area contributed by atoms with Gasteiger partial charge in [-0.2, -0.15) is 0 Å². The summed E-state index contributed by atoms with van der Waals surface area (Å²) in [6.07, 6.45) is 11.7. The predicted molar refractivity (Wildman–Crippen MR) is 102 cm³/mol. The van der Waals surface area contributed by atoms with E-state index in [0.717, 1.165) is 38.9 Å². The third kappa shape index (κ3) is 1.95. The van der Waals surface area contributed by atoms with Crippen molar-refractivity contribution in [1.82, 2.24) is 0 Å². The molecule has 0 radical (unpaired) electrons. The van der Waals surface area contributed by atoms with Gasteiger partial charge in [-0.25, -0.2) is 0 Å². The number of fused-ring (bicyclic) bond motifs is 3. The first-order chi connectivity index (χ1) is 12.4. The molecule has 0 unspecified atom stereocenters. The molecule has 0 aromatic carbocycles. The molecule has 0 aromatic heterocycles. The van der Waals surface area contributed by atoms with Crippen molar-refractivity contribution in [3.8, 4) is 0 Å². The average molecular weight is 359 g/mol. The van der Waals surface area contributed by atoms with Crippen LogP contribution in [0.5, 0.6) is 0 Å². The lowest BCUT2D eigenvalue weighted by molar-refractivity contribution is -0.224. The van der Waals surface area contributed by atoms with Gasteiger partial charge in [0.1, 0.15) is 0 Å². The second kappa shape index (κ2) is 5.46. The monoisotopic (exact) mass is 358 g/mol. The highest BCUT2D eigenvalue weighted by atomic mass is 16.7. The van der Waals surface area contributed by atoms with Crippen LogP contribution in [-0.2, 0) is 9.47 Å². The lowest BCUT2D eigenvalue weighted by atomic mass is 9.42. The standard InChI is InChI=1S/C23H34O3/c1-4-7-22(24)15-17-13-18-14-21(17,9-10-23(18)25-11-12-26-23)20(3)8-5-6-16(2)19(20)22/h4,17-18,24H,1,5-15H2,2-3H3/t17-,18-,20+,21+,22-/m1/s1. The Balaban J connectivity index is 1.62. The van der Waals surface area contributed by atoms with Crippen LogP contribution in [0.3, 0.4) is 0 Å². The molecule has 5 aliphatic rings. The zero-order chi connectivity index (χ0) is 18.2. The number of allylic oxidation sites excluding steroid dienone is 1. The van der Waals surface area contributed by atoms with Crippen LogP contribution in [0.2, 0.25) is 0 Å². The Bertz CT molecular complexity index is 660. The summed E-state index contributed by atoms with van der Waals surface area (Å²) in [5.41, 5.74) is 2.58. The van der Waals surface area contributed by atoms with E-state index in [1.165, 1.54) is 36.8 Å². The summed E-state index contributed by atoms with van der Waals surface area (Å²) >= 11 is 0. The largest absolute Gasteiger partial charge is 0.385 e. The molecule has 0 aromatic rings. The zero-order valence-electron chi connectivity index (χ0n) is 16.5. The Kier molecular flexibility index (Phi) is 3.66. The Morgan fingerprint density at radius 1 is 1.15 bits per heavy atom. The normalized spacial score (nSPS) is 49.2. The maximum Gasteiger partial charge on any atom is 0.171 e. The van der Waals surface area contributed by atoms with Gasteiger partial charge in [0.15, 0.2) is 5.79 Å². The molecule has 5 rings (SSSR count). The van der Waals surface area contributed by atoms with Gasteiger partial charge in [0.25, 0.3) is 0 Å². The lowest BCUT2D eigenvalue weighted by Gasteiger charge is -2.63. The van der Waals surface area contributed by atoms with Gasteiger partial charge in [-0.1, -0.05) is 18.6 Å². The van der Waals surface area contributed by atoms with Crippen molar-refractivity contribution in [1.29, 1.82) is 0 Å². The van der Waals surface area contributed by atoms with E-state index in [0.29, 0.717) is 23.7 Å². The smallest absolute Gasteiger partial charge is 0.171 e. The Labute approximate surface area is 157 Å². The van der Waals surface area contributed by atoms with Gasteiger partial charge in [0.2, 0.25) is 0 Å². The average Bonchev–Trinajstić information content (AvgIpc) is 3.16. The van der Waals surface area contributed by atoms with Gasteiger partial charge in [-0.15, -0.1) is 6.58 Å². The molecule has 1 aliphatic heterocycles. The van der Waals surface area contributed by atoms with Crippen molar-refractivity contribution in [3.05, 3.63) is 23.8 Å². The highest BCUT2D eigenvalue weighted by molar-refractivity contribution is 5.40. The molecule has 4 aliphatic carbocycles. The number of hydrogen-bond donors (Lipinski definition) is 1. The maximum absolute atomic E-state index is 11.8. The molecular formula is C23H34O3. The van der Waals surface area contributed by atoms with E-state index in [-0.39, 0.29) is 11.2 Å². The first-order valence-corrected chi connectivity index (χ1v) is 10.7. The van der Waals surface area contributed by atoms with Gasteiger partial charge in [0.05, 0.1) is 18.8 Å². The number of ether oxygens (including phenoxy) is 2. The van der Waals surface area contributed by atoms with E-state index in [4.69, 9.17) is 9.47 Å². The molecule has 0 amide bonds. The van der Waals surface area contributed by atoms with Crippen LogP contribution in [0.1, 0.15) is 71.6 Å². The van der Waals surface area contributed by atoms with E-state index in [1.54, 1.807) is 0 Å². The van der Waals surface area contributed by atoms with Crippen LogP contribution in [-0.4, -0.2) is 29.7 Å². The Morgan fingerprint density at radius 2 is 1.92 bits per heavy atom. The van der Waals surface area contributed by atoms with Gasteiger partial charge in [-0.05, 0) is 80.6 Å². The molecule has 5 atom stereocenters. The number of aliphatic hydroxyl groups is 1. The molecule has 3 saturated carbocycles. The second-order valence-corrected chi connectivity index (χ2v) is 10.1. The van der Waals surface area contributed by atoms with E-state index in [9.17, 15) is 5.11 Å². The summed E-state index contributed by atoms with van der Waals surface area (Å²) in [6, 6.07) is 0. The molecule has 3 heteroatoms. The van der Waals surface area contributed by atoms with Gasteiger partial charge < -0.3 is 14.6 Å². The van der Waals surface area contributed by atoms with Crippen molar-refractivity contribution in [2.24, 2.45) is 22.7 Å². The highest BCUT2D eigenvalue weighted by Gasteiger charge is 2.71. The third-order valence-corrected chi connectivity index (χ3v) is 9.12. The van der Waals surface area contributed by atoms with Crippen LogP contribution in [0.15, 0.2) is 23.8 Å². The summed E-state index contributed by atoms with van der Waals surface area (Å²) in [5, 5.41) is 11.8. The summed E-state index contributed by atoms with van der Waals surface area (Å²) < 4.78 is 12.4. The van der Waals surface area contributed by atoms with Crippen LogP contribution < -0.4 is 0 Å². The molecule has 1 saturated heterocycles. The predicted octanol–water partition coefficient (Wildman–Crippen LogP) is 4.75. The summed E-state index contributed by atoms with van der Waals surface area (Å²) in [7, 11) is 0. The molecule has 2 bridgehead atoms. The van der Waals surface area contributed by atoms with Crippen LogP contribution >= 0.6 is 0 Å². The van der Waals surface area contributed by atoms with Crippen molar-refractivity contribution in [3.63, 3.8) is 0 Å². The van der Waals surface area contributed by atoms with E-state index in [1.807, 2.05) is 6.08 Å². The van der Waals surface area contributed by atoms with E-state index >= 15 is 0 Å².